The van der Waals surface area contributed by atoms with E-state index >= 15 is 0 Å². The van der Waals surface area contributed by atoms with Crippen molar-refractivity contribution < 1.29 is 13.2 Å². The van der Waals surface area contributed by atoms with Crippen molar-refractivity contribution in [2.45, 2.75) is 6.18 Å². The van der Waals surface area contributed by atoms with Crippen molar-refractivity contribution in [3.8, 4) is 6.07 Å². The summed E-state index contributed by atoms with van der Waals surface area (Å²) in [6, 6.07) is 7.74. The van der Waals surface area contributed by atoms with E-state index in [0.717, 1.165) is 6.07 Å². The molecule has 0 spiro atoms. The molecule has 0 radical (unpaired) electrons. The molecule has 1 aromatic heterocycles. The monoisotopic (exact) mass is 331 g/mol. The maximum Gasteiger partial charge on any atom is 0.418 e. The van der Waals surface area contributed by atoms with Gasteiger partial charge in [-0.05, 0) is 30.3 Å². The molecule has 21 heavy (non-hydrogen) atoms. The van der Waals surface area contributed by atoms with E-state index in [4.69, 9.17) is 28.5 Å². The molecule has 1 heterocycles. The molecular weight excluding hydrogens is 326 g/mol. The molecule has 0 atom stereocenters. The molecule has 3 nitrogen and oxygen atoms in total. The van der Waals surface area contributed by atoms with E-state index in [1.165, 1.54) is 24.3 Å². The number of rotatable bonds is 2. The van der Waals surface area contributed by atoms with E-state index in [1.807, 2.05) is 6.07 Å². The summed E-state index contributed by atoms with van der Waals surface area (Å²) in [5.74, 6) is 0.0341. The molecule has 0 saturated carbocycles. The molecule has 108 valence electrons. The van der Waals surface area contributed by atoms with E-state index in [1.54, 1.807) is 0 Å². The molecule has 1 aromatic carbocycles. The fourth-order valence-corrected chi connectivity index (χ4v) is 2.00. The van der Waals surface area contributed by atoms with Crippen LogP contribution in [0.4, 0.5) is 24.7 Å². The lowest BCUT2D eigenvalue weighted by Crippen LogP contribution is -2.09. The quantitative estimate of drug-likeness (QED) is 0.786. The lowest BCUT2D eigenvalue weighted by atomic mass is 10.1. The van der Waals surface area contributed by atoms with E-state index in [-0.39, 0.29) is 27.2 Å². The first-order valence-corrected chi connectivity index (χ1v) is 6.26. The van der Waals surface area contributed by atoms with Crippen LogP contribution in [0, 0.1) is 11.3 Å². The summed E-state index contributed by atoms with van der Waals surface area (Å²) in [6.45, 7) is 0. The minimum atomic E-state index is -4.58. The second-order valence-electron chi connectivity index (χ2n) is 3.99. The van der Waals surface area contributed by atoms with E-state index in [9.17, 15) is 13.2 Å². The molecule has 0 bridgehead atoms. The number of anilines is 2. The van der Waals surface area contributed by atoms with Gasteiger partial charge in [-0.15, -0.1) is 0 Å². The van der Waals surface area contributed by atoms with Gasteiger partial charge in [0.1, 0.15) is 11.0 Å². The smallest absolute Gasteiger partial charge is 0.340 e. The van der Waals surface area contributed by atoms with Crippen molar-refractivity contribution in [2.75, 3.05) is 5.32 Å². The zero-order valence-electron chi connectivity index (χ0n) is 10.2. The van der Waals surface area contributed by atoms with Crippen LogP contribution in [0.2, 0.25) is 10.2 Å². The lowest BCUT2D eigenvalue weighted by molar-refractivity contribution is -0.136. The van der Waals surface area contributed by atoms with Crippen molar-refractivity contribution in [3.63, 3.8) is 0 Å². The molecular formula is C13H6Cl2F3N3. The van der Waals surface area contributed by atoms with Gasteiger partial charge in [0.05, 0.1) is 22.9 Å². The molecule has 2 rings (SSSR count). The van der Waals surface area contributed by atoms with Gasteiger partial charge >= 0.3 is 6.18 Å². The van der Waals surface area contributed by atoms with Crippen molar-refractivity contribution >= 4 is 34.7 Å². The standard InChI is InChI=1S/C13H6Cl2F3N3/c14-8-1-2-10(9(5-8)13(16,17)18)20-12-4-7(6-19)3-11(15)21-12/h1-5H,(H,20,21). The highest BCUT2D eigenvalue weighted by atomic mass is 35.5. The third kappa shape index (κ3) is 3.78. The van der Waals surface area contributed by atoms with E-state index < -0.39 is 11.7 Å². The number of hydrogen-bond acceptors (Lipinski definition) is 3. The van der Waals surface area contributed by atoms with Crippen LogP contribution in [0.3, 0.4) is 0 Å². The van der Waals surface area contributed by atoms with Gasteiger partial charge in [0.25, 0.3) is 0 Å². The minimum Gasteiger partial charge on any atom is -0.340 e. The summed E-state index contributed by atoms with van der Waals surface area (Å²) in [5.41, 5.74) is -0.985. The van der Waals surface area contributed by atoms with Crippen LogP contribution in [0.15, 0.2) is 30.3 Å². The van der Waals surface area contributed by atoms with Crippen LogP contribution < -0.4 is 5.32 Å². The van der Waals surface area contributed by atoms with Gasteiger partial charge in [-0.3, -0.25) is 0 Å². The van der Waals surface area contributed by atoms with Gasteiger partial charge in [0, 0.05) is 5.02 Å². The van der Waals surface area contributed by atoms with Gasteiger partial charge in [0.2, 0.25) is 0 Å². The van der Waals surface area contributed by atoms with Crippen LogP contribution in [0.25, 0.3) is 0 Å². The predicted molar refractivity (Wildman–Crippen MR) is 73.7 cm³/mol. The first-order chi connectivity index (χ1) is 9.79. The van der Waals surface area contributed by atoms with Gasteiger partial charge in [-0.2, -0.15) is 18.4 Å². The second kappa shape index (κ2) is 5.80. The third-order valence-electron chi connectivity index (χ3n) is 2.47. The Morgan fingerprint density at radius 2 is 1.86 bits per heavy atom. The number of aromatic nitrogens is 1. The van der Waals surface area contributed by atoms with Crippen LogP contribution in [0.5, 0.6) is 0 Å². The Balaban J connectivity index is 2.45. The Morgan fingerprint density at radius 3 is 2.48 bits per heavy atom. The normalized spacial score (nSPS) is 11.0. The molecule has 0 saturated heterocycles. The highest BCUT2D eigenvalue weighted by Crippen LogP contribution is 2.37. The number of halogens is 5. The average Bonchev–Trinajstić information content (AvgIpc) is 2.39. The Kier molecular flexibility index (Phi) is 4.26. The Bertz CT molecular complexity index is 724. The second-order valence-corrected chi connectivity index (χ2v) is 4.81. The van der Waals surface area contributed by atoms with Crippen molar-refractivity contribution in [1.29, 1.82) is 5.26 Å². The molecule has 1 N–H and O–H groups in total. The Morgan fingerprint density at radius 1 is 1.14 bits per heavy atom. The molecule has 8 heteroatoms. The SMILES string of the molecule is N#Cc1cc(Cl)nc(Nc2ccc(Cl)cc2C(F)(F)F)c1. The number of nitriles is 1. The molecule has 0 aliphatic rings. The van der Waals surface area contributed by atoms with Gasteiger partial charge in [0.15, 0.2) is 0 Å². The summed E-state index contributed by atoms with van der Waals surface area (Å²) >= 11 is 11.3. The molecule has 2 aromatic rings. The first-order valence-electron chi connectivity index (χ1n) is 5.51. The highest BCUT2D eigenvalue weighted by Gasteiger charge is 2.34. The van der Waals surface area contributed by atoms with Crippen LogP contribution >= 0.6 is 23.2 Å². The van der Waals surface area contributed by atoms with Gasteiger partial charge in [-0.25, -0.2) is 4.98 Å². The zero-order valence-corrected chi connectivity index (χ0v) is 11.7. The zero-order chi connectivity index (χ0) is 15.6. The maximum atomic E-state index is 13.0. The van der Waals surface area contributed by atoms with Crippen molar-refractivity contribution in [2.24, 2.45) is 0 Å². The summed E-state index contributed by atoms with van der Waals surface area (Å²) < 4.78 is 38.9. The summed E-state index contributed by atoms with van der Waals surface area (Å²) in [6.07, 6.45) is -4.58. The molecule has 0 unspecified atom stereocenters. The Hall–Kier alpha value is -1.97. The first kappa shape index (κ1) is 15.4. The number of hydrogen-bond donors (Lipinski definition) is 1. The van der Waals surface area contributed by atoms with Gasteiger partial charge < -0.3 is 5.32 Å². The van der Waals surface area contributed by atoms with Crippen LogP contribution in [-0.2, 0) is 6.18 Å². The molecule has 0 amide bonds. The summed E-state index contributed by atoms with van der Waals surface area (Å²) in [4.78, 5) is 3.83. The van der Waals surface area contributed by atoms with E-state index in [0.29, 0.717) is 0 Å². The largest absolute Gasteiger partial charge is 0.418 e. The fourth-order valence-electron chi connectivity index (χ4n) is 1.62. The highest BCUT2D eigenvalue weighted by molar-refractivity contribution is 6.30. The number of nitrogens with one attached hydrogen (secondary N) is 1. The van der Waals surface area contributed by atoms with Crippen molar-refractivity contribution in [3.05, 3.63) is 51.6 Å². The molecule has 0 aliphatic carbocycles. The minimum absolute atomic E-state index is 0.000859. The Labute approximate surface area is 127 Å². The lowest BCUT2D eigenvalue weighted by Gasteiger charge is -2.14. The topological polar surface area (TPSA) is 48.7 Å². The molecule has 0 aliphatic heterocycles. The maximum absolute atomic E-state index is 13.0. The summed E-state index contributed by atoms with van der Waals surface area (Å²) in [5, 5.41) is 11.3. The number of benzene rings is 1. The number of alkyl halides is 3. The van der Waals surface area contributed by atoms with Crippen LogP contribution in [-0.4, -0.2) is 4.98 Å². The third-order valence-corrected chi connectivity index (χ3v) is 2.90. The van der Waals surface area contributed by atoms with E-state index in [2.05, 4.69) is 10.3 Å². The summed E-state index contributed by atoms with van der Waals surface area (Å²) in [7, 11) is 0. The molecule has 0 fully saturated rings. The predicted octanol–water partition coefficient (Wildman–Crippen LogP) is 5.02. The van der Waals surface area contributed by atoms with Crippen molar-refractivity contribution in [1.82, 2.24) is 4.98 Å². The van der Waals surface area contributed by atoms with Crippen LogP contribution in [0.1, 0.15) is 11.1 Å². The average molecular weight is 332 g/mol. The number of nitrogens with zero attached hydrogens (tertiary/aromatic N) is 2. The fraction of sp³-hybridized carbons (Fsp3) is 0.0769. The van der Waals surface area contributed by atoms with Gasteiger partial charge in [-0.1, -0.05) is 23.2 Å². The number of pyridine rings is 1.